The van der Waals surface area contributed by atoms with Gasteiger partial charge in [0.1, 0.15) is 5.75 Å². The van der Waals surface area contributed by atoms with Crippen LogP contribution in [0.1, 0.15) is 17.3 Å². The molecule has 0 aliphatic heterocycles. The third-order valence-electron chi connectivity index (χ3n) is 3.72. The highest BCUT2D eigenvalue weighted by molar-refractivity contribution is 7.99. The molecule has 2 aromatic carbocycles. The smallest absolute Gasteiger partial charge is 0.287 e. The minimum absolute atomic E-state index is 0.107. The zero-order valence-corrected chi connectivity index (χ0v) is 16.2. The highest BCUT2D eigenvalue weighted by Crippen LogP contribution is 2.18. The largest absolute Gasteiger partial charge is 0.494 e. The third-order valence-corrected chi connectivity index (χ3v) is 4.92. The molecule has 138 valence electrons. The summed E-state index contributed by atoms with van der Waals surface area (Å²) in [5, 5.41) is 0.767. The van der Waals surface area contributed by atoms with E-state index in [1.54, 1.807) is 60.9 Å². The van der Waals surface area contributed by atoms with Crippen LogP contribution in [0.4, 0.5) is 0 Å². The van der Waals surface area contributed by atoms with Crippen molar-refractivity contribution in [2.24, 2.45) is 0 Å². The minimum atomic E-state index is -0.273. The Morgan fingerprint density at radius 3 is 2.70 bits per heavy atom. The van der Waals surface area contributed by atoms with Crippen molar-refractivity contribution in [1.29, 1.82) is 0 Å². The maximum atomic E-state index is 12.7. The number of carbonyl (C=O) groups is 1. The highest BCUT2D eigenvalue weighted by atomic mass is 35.5. The average molecular weight is 401 g/mol. The van der Waals surface area contributed by atoms with Gasteiger partial charge in [-0.25, -0.2) is 4.98 Å². The quantitative estimate of drug-likeness (QED) is 0.438. The first-order chi connectivity index (χ1) is 13.1. The summed E-state index contributed by atoms with van der Waals surface area (Å²) in [5.74, 6) is 0.737. The fraction of sp³-hybridized carbons (Fsp3) is 0.150. The lowest BCUT2D eigenvalue weighted by Crippen LogP contribution is -2.21. The molecular weight excluding hydrogens is 384 g/mol. The SMILES string of the molecule is CCOc1ccc(-n2ccnc(SCC(=O)c3cccc(Cl)c3)c2=O)cc1. The number of halogens is 1. The fourth-order valence-corrected chi connectivity index (χ4v) is 3.43. The van der Waals surface area contributed by atoms with Gasteiger partial charge in [-0.2, -0.15) is 0 Å². The number of ketones is 1. The van der Waals surface area contributed by atoms with Crippen LogP contribution in [0, 0.1) is 0 Å². The van der Waals surface area contributed by atoms with Gasteiger partial charge >= 0.3 is 0 Å². The van der Waals surface area contributed by atoms with Gasteiger partial charge in [0.2, 0.25) is 0 Å². The summed E-state index contributed by atoms with van der Waals surface area (Å²) in [5.41, 5.74) is 0.942. The van der Waals surface area contributed by atoms with Crippen molar-refractivity contribution < 1.29 is 9.53 Å². The molecule has 27 heavy (non-hydrogen) atoms. The third kappa shape index (κ3) is 4.78. The number of hydrogen-bond acceptors (Lipinski definition) is 5. The topological polar surface area (TPSA) is 61.2 Å². The van der Waals surface area contributed by atoms with Gasteiger partial charge in [0, 0.05) is 28.7 Å². The lowest BCUT2D eigenvalue weighted by Gasteiger charge is -2.09. The monoisotopic (exact) mass is 400 g/mol. The van der Waals surface area contributed by atoms with E-state index in [1.807, 2.05) is 6.92 Å². The van der Waals surface area contributed by atoms with Crippen LogP contribution in [-0.4, -0.2) is 27.7 Å². The van der Waals surface area contributed by atoms with Crippen LogP contribution in [0.15, 0.2) is 70.7 Å². The molecule has 0 saturated heterocycles. The van der Waals surface area contributed by atoms with E-state index in [9.17, 15) is 9.59 Å². The number of hydrogen-bond donors (Lipinski definition) is 0. The lowest BCUT2D eigenvalue weighted by molar-refractivity contribution is 0.102. The molecule has 1 aromatic heterocycles. The molecule has 0 aliphatic rings. The van der Waals surface area contributed by atoms with Gasteiger partial charge in [-0.05, 0) is 43.3 Å². The number of ether oxygens (including phenoxy) is 1. The van der Waals surface area contributed by atoms with Crippen molar-refractivity contribution in [3.05, 3.63) is 81.9 Å². The summed E-state index contributed by atoms with van der Waals surface area (Å²) in [6, 6.07) is 14.0. The summed E-state index contributed by atoms with van der Waals surface area (Å²) in [6.45, 7) is 2.49. The van der Waals surface area contributed by atoms with E-state index in [-0.39, 0.29) is 22.1 Å². The first-order valence-electron chi connectivity index (χ1n) is 8.31. The second-order valence-electron chi connectivity index (χ2n) is 5.56. The number of benzene rings is 2. The second kappa shape index (κ2) is 8.88. The van der Waals surface area contributed by atoms with Crippen molar-refractivity contribution >= 4 is 29.1 Å². The predicted octanol–water partition coefficient (Wildman–Crippen LogP) is 4.26. The van der Waals surface area contributed by atoms with E-state index >= 15 is 0 Å². The average Bonchev–Trinajstić information content (AvgIpc) is 2.68. The van der Waals surface area contributed by atoms with Crippen LogP contribution in [-0.2, 0) is 0 Å². The Morgan fingerprint density at radius 2 is 2.00 bits per heavy atom. The van der Waals surface area contributed by atoms with Gasteiger partial charge in [-0.1, -0.05) is 35.5 Å². The van der Waals surface area contributed by atoms with Crippen LogP contribution in [0.5, 0.6) is 5.75 Å². The molecule has 0 saturated carbocycles. The van der Waals surface area contributed by atoms with E-state index in [4.69, 9.17) is 16.3 Å². The number of thioether (sulfide) groups is 1. The molecular formula is C20H17ClN2O3S. The van der Waals surface area contributed by atoms with Crippen molar-refractivity contribution in [3.63, 3.8) is 0 Å². The highest BCUT2D eigenvalue weighted by Gasteiger charge is 2.12. The number of Topliss-reactive ketones (excluding diaryl/α,β-unsaturated/α-hetero) is 1. The van der Waals surface area contributed by atoms with Gasteiger partial charge in [0.15, 0.2) is 10.8 Å². The Kier molecular flexibility index (Phi) is 6.32. The zero-order chi connectivity index (χ0) is 19.2. The molecule has 0 bridgehead atoms. The van der Waals surface area contributed by atoms with Crippen LogP contribution in [0.3, 0.4) is 0 Å². The van der Waals surface area contributed by atoms with E-state index < -0.39 is 0 Å². The molecule has 1 heterocycles. The maximum Gasteiger partial charge on any atom is 0.287 e. The van der Waals surface area contributed by atoms with Gasteiger partial charge in [-0.15, -0.1) is 0 Å². The first kappa shape index (κ1) is 19.2. The standard InChI is InChI=1S/C20H17ClN2O3S/c1-2-26-17-8-6-16(7-9-17)23-11-10-22-19(20(23)25)27-13-18(24)14-4-3-5-15(21)12-14/h3-12H,2,13H2,1H3. The molecule has 0 spiro atoms. The van der Waals surface area contributed by atoms with E-state index in [1.165, 1.54) is 4.57 Å². The number of rotatable bonds is 7. The number of carbonyl (C=O) groups excluding carboxylic acids is 1. The van der Waals surface area contributed by atoms with Crippen molar-refractivity contribution in [2.45, 2.75) is 11.9 Å². The van der Waals surface area contributed by atoms with Crippen molar-refractivity contribution in [3.8, 4) is 11.4 Å². The van der Waals surface area contributed by atoms with Gasteiger partial charge in [0.05, 0.1) is 12.4 Å². The molecule has 0 radical (unpaired) electrons. The molecule has 5 nitrogen and oxygen atoms in total. The molecule has 0 N–H and O–H groups in total. The summed E-state index contributed by atoms with van der Waals surface area (Å²) in [4.78, 5) is 29.1. The van der Waals surface area contributed by atoms with Crippen LogP contribution in [0.25, 0.3) is 5.69 Å². The molecule has 0 unspecified atom stereocenters. The first-order valence-corrected chi connectivity index (χ1v) is 9.67. The molecule has 3 aromatic rings. The molecule has 0 amide bonds. The number of nitrogens with zero attached hydrogens (tertiary/aromatic N) is 2. The predicted molar refractivity (Wildman–Crippen MR) is 108 cm³/mol. The number of aromatic nitrogens is 2. The van der Waals surface area contributed by atoms with Gasteiger partial charge < -0.3 is 4.74 Å². The normalized spacial score (nSPS) is 10.6. The summed E-state index contributed by atoms with van der Waals surface area (Å²) < 4.78 is 6.91. The van der Waals surface area contributed by atoms with E-state index in [0.29, 0.717) is 22.9 Å². The minimum Gasteiger partial charge on any atom is -0.494 e. The Bertz CT molecular complexity index is 1000. The molecule has 0 atom stereocenters. The van der Waals surface area contributed by atoms with E-state index in [0.717, 1.165) is 17.5 Å². The fourth-order valence-electron chi connectivity index (χ4n) is 2.44. The van der Waals surface area contributed by atoms with Gasteiger partial charge in [0.25, 0.3) is 5.56 Å². The summed E-state index contributed by atoms with van der Waals surface area (Å²) in [7, 11) is 0. The molecule has 0 fully saturated rings. The van der Waals surface area contributed by atoms with Crippen LogP contribution < -0.4 is 10.3 Å². The molecule has 3 rings (SSSR count). The van der Waals surface area contributed by atoms with Gasteiger partial charge in [-0.3, -0.25) is 14.2 Å². The van der Waals surface area contributed by atoms with Crippen molar-refractivity contribution in [1.82, 2.24) is 9.55 Å². The maximum absolute atomic E-state index is 12.7. The summed E-state index contributed by atoms with van der Waals surface area (Å²) >= 11 is 7.03. The zero-order valence-electron chi connectivity index (χ0n) is 14.6. The second-order valence-corrected chi connectivity index (χ2v) is 6.96. The van der Waals surface area contributed by atoms with Crippen LogP contribution >= 0.6 is 23.4 Å². The Balaban J connectivity index is 1.77. The Morgan fingerprint density at radius 1 is 1.22 bits per heavy atom. The molecule has 0 aliphatic carbocycles. The summed E-state index contributed by atoms with van der Waals surface area (Å²) in [6.07, 6.45) is 3.14. The lowest BCUT2D eigenvalue weighted by atomic mass is 10.1. The Hall–Kier alpha value is -2.57. The van der Waals surface area contributed by atoms with Crippen LogP contribution in [0.2, 0.25) is 5.02 Å². The Labute approximate surface area is 166 Å². The molecule has 7 heteroatoms. The van der Waals surface area contributed by atoms with Crippen molar-refractivity contribution in [2.75, 3.05) is 12.4 Å². The van der Waals surface area contributed by atoms with E-state index in [2.05, 4.69) is 4.98 Å².